The number of thiocarbonyl (C=S) groups is 1. The highest BCUT2D eigenvalue weighted by atomic mass is 32.1. The van der Waals surface area contributed by atoms with Crippen molar-refractivity contribution in [2.45, 2.75) is 20.3 Å². The lowest BCUT2D eigenvalue weighted by Gasteiger charge is -2.05. The minimum absolute atomic E-state index is 0.915. The number of hydrogen-bond acceptors (Lipinski definition) is 1. The maximum Gasteiger partial charge on any atom is 0.0842 e. The molecule has 1 aliphatic rings. The summed E-state index contributed by atoms with van der Waals surface area (Å²) >= 11 is 5.12. The number of fused-ring (bicyclic) bond motifs is 1. The molecule has 2 heteroatoms. The second-order valence-electron chi connectivity index (χ2n) is 3.26. The molecule has 1 N–H and O–H groups in total. The molecule has 12 heavy (non-hydrogen) atoms. The average molecular weight is 177 g/mol. The van der Waals surface area contributed by atoms with E-state index in [-0.39, 0.29) is 0 Å². The Hall–Kier alpha value is -0.890. The van der Waals surface area contributed by atoms with E-state index >= 15 is 0 Å². The summed E-state index contributed by atoms with van der Waals surface area (Å²) in [6, 6.07) is 4.24. The fourth-order valence-electron chi connectivity index (χ4n) is 1.57. The second-order valence-corrected chi connectivity index (χ2v) is 3.75. The fourth-order valence-corrected chi connectivity index (χ4v) is 1.83. The van der Waals surface area contributed by atoms with Crippen LogP contribution in [-0.4, -0.2) is 4.99 Å². The molecule has 1 aromatic rings. The van der Waals surface area contributed by atoms with E-state index in [1.165, 1.54) is 22.4 Å². The van der Waals surface area contributed by atoms with Crippen molar-refractivity contribution in [1.29, 1.82) is 0 Å². The summed E-state index contributed by atoms with van der Waals surface area (Å²) < 4.78 is 0. The summed E-state index contributed by atoms with van der Waals surface area (Å²) in [7, 11) is 0. The van der Waals surface area contributed by atoms with Crippen molar-refractivity contribution in [3.8, 4) is 0 Å². The van der Waals surface area contributed by atoms with Crippen LogP contribution in [0.15, 0.2) is 12.1 Å². The molecule has 0 atom stereocenters. The van der Waals surface area contributed by atoms with Crippen LogP contribution in [0.4, 0.5) is 5.69 Å². The Balaban J connectivity index is 2.61. The zero-order valence-electron chi connectivity index (χ0n) is 7.27. The number of nitrogens with one attached hydrogen (secondary N) is 1. The molecule has 62 valence electrons. The molecule has 1 aromatic carbocycles. The van der Waals surface area contributed by atoms with E-state index in [1.54, 1.807) is 0 Å². The van der Waals surface area contributed by atoms with E-state index in [9.17, 15) is 0 Å². The third-order valence-electron chi connectivity index (χ3n) is 2.48. The van der Waals surface area contributed by atoms with Crippen molar-refractivity contribution in [3.05, 3.63) is 28.8 Å². The van der Waals surface area contributed by atoms with Crippen molar-refractivity contribution in [2.75, 3.05) is 5.32 Å². The Labute approximate surface area is 77.8 Å². The lowest BCUT2D eigenvalue weighted by Crippen LogP contribution is -2.00. The number of anilines is 1. The number of benzene rings is 1. The SMILES string of the molecule is Cc1ccc2c(c1C)CC(=S)N2. The third-order valence-corrected chi connectivity index (χ3v) is 2.73. The van der Waals surface area contributed by atoms with E-state index in [2.05, 4.69) is 31.3 Å². The highest BCUT2D eigenvalue weighted by Crippen LogP contribution is 2.28. The highest BCUT2D eigenvalue weighted by Gasteiger charge is 2.16. The lowest BCUT2D eigenvalue weighted by molar-refractivity contribution is 1.26. The van der Waals surface area contributed by atoms with Crippen molar-refractivity contribution >= 4 is 22.9 Å². The minimum atomic E-state index is 0.915. The summed E-state index contributed by atoms with van der Waals surface area (Å²) in [5, 5.41) is 3.20. The van der Waals surface area contributed by atoms with Gasteiger partial charge >= 0.3 is 0 Å². The summed E-state index contributed by atoms with van der Waals surface area (Å²) in [5.74, 6) is 0. The Kier molecular flexibility index (Phi) is 1.65. The molecular formula is C10H11NS. The average Bonchev–Trinajstić information content (AvgIpc) is 2.39. The second kappa shape index (κ2) is 2.56. The molecule has 1 heterocycles. The van der Waals surface area contributed by atoms with E-state index in [1.807, 2.05) is 0 Å². The first kappa shape index (κ1) is 7.74. The van der Waals surface area contributed by atoms with Crippen molar-refractivity contribution in [1.82, 2.24) is 0 Å². The van der Waals surface area contributed by atoms with E-state index < -0.39 is 0 Å². The Morgan fingerprint density at radius 3 is 2.83 bits per heavy atom. The third kappa shape index (κ3) is 1.03. The molecule has 0 aliphatic carbocycles. The van der Waals surface area contributed by atoms with Gasteiger partial charge in [-0.05, 0) is 36.6 Å². The molecule has 1 aliphatic heterocycles. The highest BCUT2D eigenvalue weighted by molar-refractivity contribution is 7.80. The van der Waals surface area contributed by atoms with Gasteiger partial charge in [0.2, 0.25) is 0 Å². The Bertz CT molecular complexity index is 355. The molecule has 0 saturated carbocycles. The van der Waals surface area contributed by atoms with Crippen LogP contribution in [-0.2, 0) is 6.42 Å². The molecule has 0 saturated heterocycles. The first-order valence-electron chi connectivity index (χ1n) is 4.07. The van der Waals surface area contributed by atoms with Crippen LogP contribution >= 0.6 is 12.2 Å². The monoisotopic (exact) mass is 177 g/mol. The number of aryl methyl sites for hydroxylation is 1. The van der Waals surface area contributed by atoms with Gasteiger partial charge in [-0.1, -0.05) is 18.3 Å². The van der Waals surface area contributed by atoms with Crippen LogP contribution in [0.3, 0.4) is 0 Å². The molecule has 0 unspecified atom stereocenters. The first-order valence-corrected chi connectivity index (χ1v) is 4.48. The van der Waals surface area contributed by atoms with Gasteiger partial charge in [-0.15, -0.1) is 0 Å². The van der Waals surface area contributed by atoms with E-state index in [4.69, 9.17) is 12.2 Å². The van der Waals surface area contributed by atoms with Crippen LogP contribution in [0.25, 0.3) is 0 Å². The van der Waals surface area contributed by atoms with E-state index in [0.29, 0.717) is 0 Å². The van der Waals surface area contributed by atoms with Gasteiger partial charge in [0.05, 0.1) is 4.99 Å². The molecule has 0 bridgehead atoms. The summed E-state index contributed by atoms with van der Waals surface area (Å²) in [6.45, 7) is 4.29. The molecule has 2 rings (SSSR count). The maximum atomic E-state index is 5.12. The fraction of sp³-hybridized carbons (Fsp3) is 0.300. The summed E-state index contributed by atoms with van der Waals surface area (Å²) in [6.07, 6.45) is 0.915. The van der Waals surface area contributed by atoms with Crippen LogP contribution in [0, 0.1) is 13.8 Å². The first-order chi connectivity index (χ1) is 5.68. The maximum absolute atomic E-state index is 5.12. The van der Waals surface area contributed by atoms with Crippen LogP contribution < -0.4 is 5.32 Å². The summed E-state index contributed by atoms with van der Waals surface area (Å²) in [5.41, 5.74) is 5.29. The molecule has 0 spiro atoms. The van der Waals surface area contributed by atoms with Gasteiger partial charge in [0.25, 0.3) is 0 Å². The van der Waals surface area contributed by atoms with Gasteiger partial charge < -0.3 is 5.32 Å². The molecule has 0 fully saturated rings. The van der Waals surface area contributed by atoms with Gasteiger partial charge in [-0.3, -0.25) is 0 Å². The molecule has 0 radical (unpaired) electrons. The minimum Gasteiger partial charge on any atom is -0.350 e. The Morgan fingerprint density at radius 1 is 1.33 bits per heavy atom. The van der Waals surface area contributed by atoms with E-state index in [0.717, 1.165) is 11.4 Å². The van der Waals surface area contributed by atoms with Gasteiger partial charge in [-0.25, -0.2) is 0 Å². The van der Waals surface area contributed by atoms with Gasteiger partial charge in [0.15, 0.2) is 0 Å². The predicted octanol–water partition coefficient (Wildman–Crippen LogP) is 2.60. The van der Waals surface area contributed by atoms with Crippen molar-refractivity contribution in [3.63, 3.8) is 0 Å². The number of rotatable bonds is 0. The van der Waals surface area contributed by atoms with Gasteiger partial charge in [-0.2, -0.15) is 0 Å². The van der Waals surface area contributed by atoms with Crippen LogP contribution in [0.5, 0.6) is 0 Å². The van der Waals surface area contributed by atoms with Crippen molar-refractivity contribution < 1.29 is 0 Å². The smallest absolute Gasteiger partial charge is 0.0842 e. The largest absolute Gasteiger partial charge is 0.350 e. The summed E-state index contributed by atoms with van der Waals surface area (Å²) in [4.78, 5) is 0.943. The predicted molar refractivity (Wildman–Crippen MR) is 55.8 cm³/mol. The van der Waals surface area contributed by atoms with Crippen LogP contribution in [0.2, 0.25) is 0 Å². The number of hydrogen-bond donors (Lipinski definition) is 1. The van der Waals surface area contributed by atoms with Gasteiger partial charge in [0, 0.05) is 12.1 Å². The zero-order chi connectivity index (χ0) is 8.72. The Morgan fingerprint density at radius 2 is 2.08 bits per heavy atom. The topological polar surface area (TPSA) is 12.0 Å². The standard InChI is InChI=1S/C10H11NS/c1-6-3-4-9-8(7(6)2)5-10(12)11-9/h3-4H,5H2,1-2H3,(H,11,12). The quantitative estimate of drug-likeness (QED) is 0.611. The lowest BCUT2D eigenvalue weighted by atomic mass is 10.0. The molecule has 0 aromatic heterocycles. The van der Waals surface area contributed by atoms with Crippen molar-refractivity contribution in [2.24, 2.45) is 0 Å². The zero-order valence-corrected chi connectivity index (χ0v) is 8.09. The molecule has 1 nitrogen and oxygen atoms in total. The normalized spacial score (nSPS) is 14.3. The molecule has 0 amide bonds. The van der Waals surface area contributed by atoms with Gasteiger partial charge in [0.1, 0.15) is 0 Å². The van der Waals surface area contributed by atoms with Crippen LogP contribution in [0.1, 0.15) is 16.7 Å². The molecular weight excluding hydrogens is 166 g/mol.